The molecular weight excluding hydrogens is 260 g/mol. The van der Waals surface area contributed by atoms with Crippen LogP contribution >= 0.6 is 0 Å². The topological polar surface area (TPSA) is 98.7 Å². The van der Waals surface area contributed by atoms with Gasteiger partial charge in [-0.05, 0) is 24.0 Å². The molecule has 0 aliphatic carbocycles. The number of nitrogens with one attached hydrogen (secondary N) is 2. The summed E-state index contributed by atoms with van der Waals surface area (Å²) in [4.78, 5) is 22.6. The van der Waals surface area contributed by atoms with Crippen LogP contribution in [0.3, 0.4) is 0 Å². The lowest BCUT2D eigenvalue weighted by molar-refractivity contribution is 0.0693. The Labute approximate surface area is 117 Å². The maximum Gasteiger partial charge on any atom is 0.339 e. The number of hydrogen-bond donors (Lipinski definition) is 4. The molecule has 6 nitrogen and oxygen atoms in total. The second-order valence-electron chi connectivity index (χ2n) is 5.06. The van der Waals surface area contributed by atoms with Gasteiger partial charge >= 0.3 is 12.0 Å². The number of aromatic carboxylic acids is 1. The van der Waals surface area contributed by atoms with Crippen LogP contribution in [0.25, 0.3) is 0 Å². The first-order chi connectivity index (χ1) is 9.32. The Bertz CT molecular complexity index is 500. The number of aromatic hydroxyl groups is 1. The van der Waals surface area contributed by atoms with Crippen LogP contribution < -0.4 is 10.6 Å². The first kappa shape index (κ1) is 15.8. The van der Waals surface area contributed by atoms with Crippen LogP contribution in [-0.2, 0) is 0 Å². The molecule has 1 aromatic carbocycles. The summed E-state index contributed by atoms with van der Waals surface area (Å²) < 4.78 is 0. The van der Waals surface area contributed by atoms with E-state index in [-0.39, 0.29) is 11.3 Å². The largest absolute Gasteiger partial charge is 0.505 e. The minimum atomic E-state index is -1.25. The molecule has 0 saturated heterocycles. The lowest BCUT2D eigenvalue weighted by Gasteiger charge is -2.16. The number of anilines is 1. The smallest absolute Gasteiger partial charge is 0.339 e. The fourth-order valence-corrected chi connectivity index (χ4v) is 1.47. The Morgan fingerprint density at radius 1 is 1.25 bits per heavy atom. The number of carboxylic acids is 1. The number of rotatable bonds is 5. The Morgan fingerprint density at radius 2 is 1.90 bits per heavy atom. The lowest BCUT2D eigenvalue weighted by Crippen LogP contribution is -2.33. The van der Waals surface area contributed by atoms with Crippen LogP contribution in [0.1, 0.15) is 31.1 Å². The quantitative estimate of drug-likeness (QED) is 0.623. The van der Waals surface area contributed by atoms with Gasteiger partial charge in [0.2, 0.25) is 0 Å². The molecule has 1 rings (SSSR count). The van der Waals surface area contributed by atoms with E-state index in [1.807, 2.05) is 6.92 Å². The number of amides is 2. The molecule has 20 heavy (non-hydrogen) atoms. The van der Waals surface area contributed by atoms with Crippen LogP contribution in [-0.4, -0.2) is 28.8 Å². The van der Waals surface area contributed by atoms with Gasteiger partial charge in [0, 0.05) is 6.54 Å². The highest BCUT2D eigenvalue weighted by molar-refractivity contribution is 5.97. The van der Waals surface area contributed by atoms with Crippen LogP contribution in [0, 0.1) is 11.8 Å². The number of carboxylic acid groups (broad SMARTS) is 1. The van der Waals surface area contributed by atoms with Crippen molar-refractivity contribution < 1.29 is 19.8 Å². The van der Waals surface area contributed by atoms with Crippen LogP contribution in [0.2, 0.25) is 0 Å². The molecular formula is C14H20N2O4. The van der Waals surface area contributed by atoms with Crippen molar-refractivity contribution in [1.82, 2.24) is 5.32 Å². The highest BCUT2D eigenvalue weighted by Gasteiger charge is 2.15. The van der Waals surface area contributed by atoms with Crippen molar-refractivity contribution >= 4 is 17.7 Å². The normalized spacial score (nSPS) is 12.0. The summed E-state index contributed by atoms with van der Waals surface area (Å²) in [7, 11) is 0. The van der Waals surface area contributed by atoms with E-state index in [2.05, 4.69) is 24.5 Å². The van der Waals surface area contributed by atoms with Crippen molar-refractivity contribution in [3.05, 3.63) is 23.8 Å². The molecule has 4 N–H and O–H groups in total. The number of carbonyl (C=O) groups excluding carboxylic acids is 1. The van der Waals surface area contributed by atoms with E-state index < -0.39 is 17.7 Å². The van der Waals surface area contributed by atoms with Crippen LogP contribution in [0.5, 0.6) is 5.75 Å². The summed E-state index contributed by atoms with van der Waals surface area (Å²) in [6.45, 7) is 6.65. The van der Waals surface area contributed by atoms with Crippen LogP contribution in [0.4, 0.5) is 10.5 Å². The average Bonchev–Trinajstić information content (AvgIpc) is 2.37. The summed E-state index contributed by atoms with van der Waals surface area (Å²) in [5.41, 5.74) is -0.182. The zero-order valence-electron chi connectivity index (χ0n) is 11.8. The minimum Gasteiger partial charge on any atom is -0.505 e. The van der Waals surface area contributed by atoms with Crippen molar-refractivity contribution in [2.75, 3.05) is 11.9 Å². The number of urea groups is 1. The standard InChI is InChI=1S/C14H20N2O4/c1-8(2)9(3)7-15-14(20)16-11-6-4-5-10(12(11)17)13(18)19/h4-6,8-9,17H,7H2,1-3H3,(H,18,19)(H2,15,16,20). The molecule has 1 unspecified atom stereocenters. The third-order valence-electron chi connectivity index (χ3n) is 3.24. The Balaban J connectivity index is 2.67. The van der Waals surface area contributed by atoms with Gasteiger partial charge in [-0.2, -0.15) is 0 Å². The molecule has 0 bridgehead atoms. The maximum atomic E-state index is 11.7. The summed E-state index contributed by atoms with van der Waals surface area (Å²) in [6.07, 6.45) is 0. The molecule has 1 atom stereocenters. The van der Waals surface area contributed by atoms with Crippen molar-refractivity contribution in [3.8, 4) is 5.75 Å². The molecule has 0 saturated carbocycles. The second kappa shape index (κ2) is 6.79. The Hall–Kier alpha value is -2.24. The first-order valence-corrected chi connectivity index (χ1v) is 6.43. The highest BCUT2D eigenvalue weighted by Crippen LogP contribution is 2.27. The molecule has 0 heterocycles. The summed E-state index contributed by atoms with van der Waals surface area (Å²) >= 11 is 0. The summed E-state index contributed by atoms with van der Waals surface area (Å²) in [5, 5.41) is 23.7. The van der Waals surface area contributed by atoms with E-state index in [0.29, 0.717) is 18.4 Å². The van der Waals surface area contributed by atoms with Gasteiger partial charge in [-0.25, -0.2) is 9.59 Å². The highest BCUT2D eigenvalue weighted by atomic mass is 16.4. The van der Waals surface area contributed by atoms with Gasteiger partial charge in [-0.1, -0.05) is 26.8 Å². The van der Waals surface area contributed by atoms with Gasteiger partial charge < -0.3 is 20.8 Å². The molecule has 0 fully saturated rings. The lowest BCUT2D eigenvalue weighted by atomic mass is 9.98. The van der Waals surface area contributed by atoms with Crippen LogP contribution in [0.15, 0.2) is 18.2 Å². The molecule has 0 aromatic heterocycles. The van der Waals surface area contributed by atoms with E-state index >= 15 is 0 Å². The zero-order chi connectivity index (χ0) is 15.3. The fraction of sp³-hybridized carbons (Fsp3) is 0.429. The van der Waals surface area contributed by atoms with Gasteiger partial charge in [0.15, 0.2) is 5.75 Å². The molecule has 0 aliphatic rings. The van der Waals surface area contributed by atoms with Crippen molar-refractivity contribution in [3.63, 3.8) is 0 Å². The summed E-state index contributed by atoms with van der Waals surface area (Å²) in [6, 6.07) is 3.68. The monoisotopic (exact) mass is 280 g/mol. The molecule has 2 amide bonds. The van der Waals surface area contributed by atoms with Gasteiger partial charge in [-0.15, -0.1) is 0 Å². The predicted molar refractivity (Wildman–Crippen MR) is 76.1 cm³/mol. The van der Waals surface area contributed by atoms with E-state index in [4.69, 9.17) is 5.11 Å². The molecule has 0 aliphatic heterocycles. The van der Waals surface area contributed by atoms with Gasteiger partial charge in [0.05, 0.1) is 5.69 Å². The maximum absolute atomic E-state index is 11.7. The van der Waals surface area contributed by atoms with Gasteiger partial charge in [0.1, 0.15) is 5.56 Å². The van der Waals surface area contributed by atoms with Crippen molar-refractivity contribution in [1.29, 1.82) is 0 Å². The fourth-order valence-electron chi connectivity index (χ4n) is 1.47. The number of hydrogen-bond acceptors (Lipinski definition) is 3. The van der Waals surface area contributed by atoms with Gasteiger partial charge in [0.25, 0.3) is 0 Å². The molecule has 1 aromatic rings. The Kier molecular flexibility index (Phi) is 5.37. The van der Waals surface area contributed by atoms with E-state index in [0.717, 1.165) is 0 Å². The number of phenols is 1. The SMILES string of the molecule is CC(C)C(C)CNC(=O)Nc1cccc(C(=O)O)c1O. The molecule has 0 spiro atoms. The van der Waals surface area contributed by atoms with Crippen molar-refractivity contribution in [2.45, 2.75) is 20.8 Å². The molecule has 110 valence electrons. The second-order valence-corrected chi connectivity index (χ2v) is 5.06. The number of carbonyl (C=O) groups is 2. The van der Waals surface area contributed by atoms with Gasteiger partial charge in [-0.3, -0.25) is 0 Å². The number of benzene rings is 1. The summed E-state index contributed by atoms with van der Waals surface area (Å²) in [5.74, 6) is -0.939. The molecule has 6 heteroatoms. The molecule has 0 radical (unpaired) electrons. The van der Waals surface area contributed by atoms with E-state index in [1.54, 1.807) is 0 Å². The van der Waals surface area contributed by atoms with Crippen molar-refractivity contribution in [2.24, 2.45) is 11.8 Å². The van der Waals surface area contributed by atoms with E-state index in [9.17, 15) is 14.7 Å². The van der Waals surface area contributed by atoms with E-state index in [1.165, 1.54) is 18.2 Å². The predicted octanol–water partition coefficient (Wildman–Crippen LogP) is 2.50. The first-order valence-electron chi connectivity index (χ1n) is 6.43. The minimum absolute atomic E-state index is 0.0691. The third kappa shape index (κ3) is 4.15. The Morgan fingerprint density at radius 3 is 2.45 bits per heavy atom. The number of para-hydroxylation sites is 1. The zero-order valence-corrected chi connectivity index (χ0v) is 11.8. The average molecular weight is 280 g/mol. The third-order valence-corrected chi connectivity index (χ3v) is 3.24.